The molecule has 1 aromatic carbocycles. The molecule has 1 aromatic rings. The highest BCUT2D eigenvalue weighted by molar-refractivity contribution is 6.31. The van der Waals surface area contributed by atoms with Crippen molar-refractivity contribution in [1.82, 2.24) is 5.32 Å². The summed E-state index contributed by atoms with van der Waals surface area (Å²) in [5, 5.41) is 13.9. The smallest absolute Gasteiger partial charge is 0.0897 e. The maximum Gasteiger partial charge on any atom is 0.0897 e. The molecule has 1 aliphatic carbocycles. The third-order valence-corrected chi connectivity index (χ3v) is 3.74. The van der Waals surface area contributed by atoms with E-state index in [1.807, 2.05) is 31.2 Å². The molecule has 0 radical (unpaired) electrons. The first-order valence-corrected chi connectivity index (χ1v) is 7.28. The van der Waals surface area contributed by atoms with E-state index < -0.39 is 6.10 Å². The number of rotatable bonds is 8. The summed E-state index contributed by atoms with van der Waals surface area (Å²) in [6, 6.07) is 7.88. The highest BCUT2D eigenvalue weighted by Crippen LogP contribution is 2.28. The van der Waals surface area contributed by atoms with Crippen LogP contribution in [0.3, 0.4) is 0 Å². The molecule has 1 saturated carbocycles. The topological polar surface area (TPSA) is 41.5 Å². The van der Waals surface area contributed by atoms with Crippen molar-refractivity contribution >= 4 is 11.6 Å². The summed E-state index contributed by atoms with van der Waals surface area (Å²) in [5.41, 5.74) is 1.05. The molecule has 0 amide bonds. The van der Waals surface area contributed by atoms with E-state index in [1.54, 1.807) is 0 Å². The second-order valence-electron chi connectivity index (χ2n) is 5.29. The van der Waals surface area contributed by atoms with Gasteiger partial charge in [0, 0.05) is 24.2 Å². The van der Waals surface area contributed by atoms with Crippen molar-refractivity contribution in [3.63, 3.8) is 0 Å². The first-order valence-electron chi connectivity index (χ1n) is 6.90. The van der Waals surface area contributed by atoms with Gasteiger partial charge in [-0.1, -0.05) is 29.8 Å². The molecule has 0 bridgehead atoms. The van der Waals surface area contributed by atoms with Gasteiger partial charge in [0.2, 0.25) is 0 Å². The summed E-state index contributed by atoms with van der Waals surface area (Å²) in [6.07, 6.45) is 2.08. The van der Waals surface area contributed by atoms with Crippen molar-refractivity contribution in [2.24, 2.45) is 5.92 Å². The van der Waals surface area contributed by atoms with Crippen LogP contribution in [0.4, 0.5) is 0 Å². The predicted molar refractivity (Wildman–Crippen MR) is 77.4 cm³/mol. The minimum atomic E-state index is -0.469. The highest BCUT2D eigenvalue weighted by atomic mass is 35.5. The van der Waals surface area contributed by atoms with Gasteiger partial charge >= 0.3 is 0 Å². The minimum Gasteiger partial charge on any atom is -0.389 e. The zero-order valence-corrected chi connectivity index (χ0v) is 12.1. The number of hydrogen-bond donors (Lipinski definition) is 2. The molecule has 1 aliphatic rings. The first kappa shape index (κ1) is 14.8. The maximum absolute atomic E-state index is 9.83. The Morgan fingerprint density at radius 3 is 2.84 bits per heavy atom. The van der Waals surface area contributed by atoms with Gasteiger partial charge in [-0.15, -0.1) is 0 Å². The Labute approximate surface area is 119 Å². The van der Waals surface area contributed by atoms with E-state index in [2.05, 4.69) is 5.32 Å². The van der Waals surface area contributed by atoms with E-state index in [9.17, 15) is 5.11 Å². The van der Waals surface area contributed by atoms with E-state index in [1.165, 1.54) is 12.8 Å². The third-order valence-electron chi connectivity index (χ3n) is 3.39. The lowest BCUT2D eigenvalue weighted by Crippen LogP contribution is -2.32. The fraction of sp³-hybridized carbons (Fsp3) is 0.600. The highest BCUT2D eigenvalue weighted by Gasteiger charge is 2.21. The van der Waals surface area contributed by atoms with Crippen LogP contribution in [0.1, 0.15) is 31.4 Å². The normalized spacial score (nSPS) is 18.3. The minimum absolute atomic E-state index is 0.117. The Kier molecular flexibility index (Phi) is 5.64. The fourth-order valence-corrected chi connectivity index (χ4v) is 2.26. The average molecular weight is 284 g/mol. The zero-order chi connectivity index (χ0) is 13.7. The molecule has 0 aromatic heterocycles. The molecule has 0 spiro atoms. The second-order valence-corrected chi connectivity index (χ2v) is 5.69. The standard InChI is InChI=1S/C15H22ClNO2/c1-11(14-4-2-3-5-15(14)16)17-8-13(18)10-19-9-12-6-7-12/h2-5,11-13,17-18H,6-10H2,1H3. The van der Waals surface area contributed by atoms with E-state index in [-0.39, 0.29) is 6.04 Å². The van der Waals surface area contributed by atoms with Gasteiger partial charge in [0.05, 0.1) is 12.7 Å². The van der Waals surface area contributed by atoms with Crippen molar-refractivity contribution in [2.45, 2.75) is 31.9 Å². The molecular formula is C15H22ClNO2. The summed E-state index contributed by atoms with van der Waals surface area (Å²) in [6.45, 7) is 3.74. The van der Waals surface area contributed by atoms with Crippen LogP contribution < -0.4 is 5.32 Å². The van der Waals surface area contributed by atoms with Gasteiger partial charge in [0.25, 0.3) is 0 Å². The van der Waals surface area contributed by atoms with Crippen molar-refractivity contribution in [2.75, 3.05) is 19.8 Å². The van der Waals surface area contributed by atoms with Gasteiger partial charge < -0.3 is 15.2 Å². The molecule has 0 heterocycles. The van der Waals surface area contributed by atoms with Gasteiger partial charge in [-0.05, 0) is 37.3 Å². The van der Waals surface area contributed by atoms with Crippen LogP contribution in [-0.4, -0.2) is 31.0 Å². The summed E-state index contributed by atoms with van der Waals surface area (Å²) in [7, 11) is 0. The number of benzene rings is 1. The summed E-state index contributed by atoms with van der Waals surface area (Å²) >= 11 is 6.13. The lowest BCUT2D eigenvalue weighted by Gasteiger charge is -2.18. The first-order chi connectivity index (χ1) is 9.16. The van der Waals surface area contributed by atoms with E-state index in [4.69, 9.17) is 16.3 Å². The monoisotopic (exact) mass is 283 g/mol. The molecule has 106 valence electrons. The van der Waals surface area contributed by atoms with Crippen LogP contribution in [0.2, 0.25) is 5.02 Å². The Bertz CT molecular complexity index is 395. The van der Waals surface area contributed by atoms with E-state index in [0.717, 1.165) is 23.1 Å². The van der Waals surface area contributed by atoms with Crippen LogP contribution in [0.25, 0.3) is 0 Å². The maximum atomic E-state index is 9.83. The molecule has 2 N–H and O–H groups in total. The molecular weight excluding hydrogens is 262 g/mol. The predicted octanol–water partition coefficient (Wildman–Crippen LogP) is 2.78. The Morgan fingerprint density at radius 1 is 1.42 bits per heavy atom. The van der Waals surface area contributed by atoms with Crippen LogP contribution in [-0.2, 0) is 4.74 Å². The van der Waals surface area contributed by atoms with Crippen molar-refractivity contribution in [1.29, 1.82) is 0 Å². The van der Waals surface area contributed by atoms with Crippen molar-refractivity contribution in [3.05, 3.63) is 34.9 Å². The second kappa shape index (κ2) is 7.25. The number of nitrogens with one attached hydrogen (secondary N) is 1. The molecule has 0 aliphatic heterocycles. The lowest BCUT2D eigenvalue weighted by atomic mass is 10.1. The number of ether oxygens (including phenoxy) is 1. The van der Waals surface area contributed by atoms with Crippen LogP contribution in [0.5, 0.6) is 0 Å². The van der Waals surface area contributed by atoms with Gasteiger partial charge in [0.1, 0.15) is 0 Å². The Morgan fingerprint density at radius 2 is 2.16 bits per heavy atom. The van der Waals surface area contributed by atoms with Crippen LogP contribution in [0.15, 0.2) is 24.3 Å². The molecule has 1 fully saturated rings. The van der Waals surface area contributed by atoms with Crippen LogP contribution >= 0.6 is 11.6 Å². The molecule has 2 atom stereocenters. The quantitative estimate of drug-likeness (QED) is 0.771. The molecule has 19 heavy (non-hydrogen) atoms. The number of aliphatic hydroxyl groups is 1. The van der Waals surface area contributed by atoms with E-state index in [0.29, 0.717) is 13.2 Å². The molecule has 0 saturated heterocycles. The lowest BCUT2D eigenvalue weighted by molar-refractivity contribution is 0.0315. The number of halogens is 1. The fourth-order valence-electron chi connectivity index (χ4n) is 1.96. The van der Waals surface area contributed by atoms with Crippen LogP contribution in [0, 0.1) is 5.92 Å². The molecule has 4 heteroatoms. The summed E-state index contributed by atoms with van der Waals surface area (Å²) in [5.74, 6) is 0.738. The van der Waals surface area contributed by atoms with Crippen molar-refractivity contribution < 1.29 is 9.84 Å². The Balaban J connectivity index is 1.67. The molecule has 3 nitrogen and oxygen atoms in total. The summed E-state index contributed by atoms with van der Waals surface area (Å²) < 4.78 is 5.47. The molecule has 2 unspecified atom stereocenters. The largest absolute Gasteiger partial charge is 0.389 e. The van der Waals surface area contributed by atoms with Gasteiger partial charge in [-0.25, -0.2) is 0 Å². The van der Waals surface area contributed by atoms with E-state index >= 15 is 0 Å². The van der Waals surface area contributed by atoms with Gasteiger partial charge in [-0.3, -0.25) is 0 Å². The van der Waals surface area contributed by atoms with Gasteiger partial charge in [0.15, 0.2) is 0 Å². The SMILES string of the molecule is CC(NCC(O)COCC1CC1)c1ccccc1Cl. The summed E-state index contributed by atoms with van der Waals surface area (Å²) in [4.78, 5) is 0. The number of aliphatic hydroxyl groups excluding tert-OH is 1. The Hall–Kier alpha value is -0.610. The molecule has 2 rings (SSSR count). The van der Waals surface area contributed by atoms with Crippen molar-refractivity contribution in [3.8, 4) is 0 Å². The van der Waals surface area contributed by atoms with Gasteiger partial charge in [-0.2, -0.15) is 0 Å². The zero-order valence-electron chi connectivity index (χ0n) is 11.3. The number of hydrogen-bond acceptors (Lipinski definition) is 3. The third kappa shape index (κ3) is 5.11. The average Bonchev–Trinajstić information content (AvgIpc) is 3.20.